The number of hydrogen-bond donors (Lipinski definition) is 0. The zero-order valence-corrected chi connectivity index (χ0v) is 6.07. The second-order valence-corrected chi connectivity index (χ2v) is 2.53. The van der Waals surface area contributed by atoms with E-state index in [4.69, 9.17) is 6.58 Å². The van der Waals surface area contributed by atoms with Crippen LogP contribution in [0.1, 0.15) is 33.6 Å². The highest BCUT2D eigenvalue weighted by Gasteiger charge is 2.12. The van der Waals surface area contributed by atoms with Crippen LogP contribution in [0.25, 0.3) is 0 Å². The Hall–Kier alpha value is -0.260. The SMILES string of the molecule is [CH]=CC(C)(CC)CC. The monoisotopic (exact) mass is 111 g/mol. The van der Waals surface area contributed by atoms with E-state index in [0.29, 0.717) is 0 Å². The van der Waals surface area contributed by atoms with Crippen LogP contribution in [0.4, 0.5) is 0 Å². The largest absolute Gasteiger partial charge is 0.0786 e. The number of hydrogen-bond acceptors (Lipinski definition) is 0. The lowest BCUT2D eigenvalue weighted by molar-refractivity contribution is 0.396. The smallest absolute Gasteiger partial charge is 0.0149 e. The zero-order valence-electron chi connectivity index (χ0n) is 6.07. The van der Waals surface area contributed by atoms with Crippen molar-refractivity contribution in [3.8, 4) is 0 Å². The van der Waals surface area contributed by atoms with Crippen LogP contribution in [-0.4, -0.2) is 0 Å². The summed E-state index contributed by atoms with van der Waals surface area (Å²) in [4.78, 5) is 0. The molecule has 0 aliphatic heterocycles. The fourth-order valence-electron chi connectivity index (χ4n) is 0.486. The second kappa shape index (κ2) is 2.91. The molecular formula is C8H15. The average Bonchev–Trinajstić information content (AvgIpc) is 1.87. The summed E-state index contributed by atoms with van der Waals surface area (Å²) in [7, 11) is 0. The Morgan fingerprint density at radius 2 is 1.75 bits per heavy atom. The highest BCUT2D eigenvalue weighted by Crippen LogP contribution is 2.25. The first-order chi connectivity index (χ1) is 3.68. The normalized spacial score (nSPS) is 11.4. The Morgan fingerprint density at radius 3 is 1.75 bits per heavy atom. The molecule has 0 atom stereocenters. The molecular weight excluding hydrogens is 96.1 g/mol. The topological polar surface area (TPSA) is 0 Å². The Morgan fingerprint density at radius 1 is 1.38 bits per heavy atom. The van der Waals surface area contributed by atoms with E-state index in [9.17, 15) is 0 Å². The summed E-state index contributed by atoms with van der Waals surface area (Å²) < 4.78 is 0. The minimum Gasteiger partial charge on any atom is -0.0786 e. The minimum absolute atomic E-state index is 0.278. The number of rotatable bonds is 3. The molecule has 0 bridgehead atoms. The van der Waals surface area contributed by atoms with Gasteiger partial charge in [-0.15, -0.1) is 0 Å². The Bertz CT molecular complexity index is 68.1. The van der Waals surface area contributed by atoms with Crippen LogP contribution in [0.5, 0.6) is 0 Å². The molecule has 0 unspecified atom stereocenters. The molecule has 0 amide bonds. The number of allylic oxidation sites excluding steroid dienone is 1. The predicted octanol–water partition coefficient (Wildman–Crippen LogP) is 2.80. The first kappa shape index (κ1) is 7.74. The molecule has 0 nitrogen and oxygen atoms in total. The Labute approximate surface area is 52.6 Å². The molecule has 0 saturated carbocycles. The average molecular weight is 111 g/mol. The van der Waals surface area contributed by atoms with Crippen LogP contribution in [0, 0.1) is 12.0 Å². The van der Waals surface area contributed by atoms with Crippen molar-refractivity contribution < 1.29 is 0 Å². The van der Waals surface area contributed by atoms with Gasteiger partial charge in [0.25, 0.3) is 0 Å². The molecule has 0 aromatic heterocycles. The summed E-state index contributed by atoms with van der Waals surface area (Å²) in [6, 6.07) is 0. The maximum absolute atomic E-state index is 5.40. The van der Waals surface area contributed by atoms with Crippen LogP contribution < -0.4 is 0 Å². The fraction of sp³-hybridized carbons (Fsp3) is 0.750. The highest BCUT2D eigenvalue weighted by molar-refractivity contribution is 4.86. The first-order valence-electron chi connectivity index (χ1n) is 3.24. The van der Waals surface area contributed by atoms with Crippen molar-refractivity contribution in [2.24, 2.45) is 5.41 Å². The summed E-state index contributed by atoms with van der Waals surface area (Å²) in [6.07, 6.45) is 4.08. The van der Waals surface area contributed by atoms with Crippen LogP contribution >= 0.6 is 0 Å². The molecule has 0 saturated heterocycles. The maximum atomic E-state index is 5.40. The van der Waals surface area contributed by atoms with Gasteiger partial charge in [0.1, 0.15) is 0 Å². The van der Waals surface area contributed by atoms with Crippen LogP contribution in [0.3, 0.4) is 0 Å². The van der Waals surface area contributed by atoms with Crippen LogP contribution in [0.2, 0.25) is 0 Å². The van der Waals surface area contributed by atoms with E-state index < -0.39 is 0 Å². The van der Waals surface area contributed by atoms with Crippen molar-refractivity contribution >= 4 is 0 Å². The van der Waals surface area contributed by atoms with E-state index in [-0.39, 0.29) is 5.41 Å². The van der Waals surface area contributed by atoms with Gasteiger partial charge in [-0.2, -0.15) is 0 Å². The van der Waals surface area contributed by atoms with Crippen molar-refractivity contribution in [2.45, 2.75) is 33.6 Å². The van der Waals surface area contributed by atoms with E-state index in [1.165, 1.54) is 0 Å². The van der Waals surface area contributed by atoms with E-state index in [1.54, 1.807) is 6.08 Å². The molecule has 47 valence electrons. The fourth-order valence-corrected chi connectivity index (χ4v) is 0.486. The third-order valence-electron chi connectivity index (χ3n) is 2.02. The third-order valence-corrected chi connectivity index (χ3v) is 2.02. The zero-order chi connectivity index (χ0) is 6.62. The lowest BCUT2D eigenvalue weighted by atomic mass is 9.85. The van der Waals surface area contributed by atoms with Gasteiger partial charge < -0.3 is 0 Å². The van der Waals surface area contributed by atoms with Gasteiger partial charge in [0.05, 0.1) is 0 Å². The quantitative estimate of drug-likeness (QED) is 0.525. The molecule has 0 fully saturated rings. The van der Waals surface area contributed by atoms with Crippen molar-refractivity contribution in [3.63, 3.8) is 0 Å². The minimum atomic E-state index is 0.278. The predicted molar refractivity (Wildman–Crippen MR) is 37.6 cm³/mol. The summed E-state index contributed by atoms with van der Waals surface area (Å²) in [5.74, 6) is 0. The lowest BCUT2D eigenvalue weighted by Gasteiger charge is -2.20. The maximum Gasteiger partial charge on any atom is -0.0149 e. The molecule has 8 heavy (non-hydrogen) atoms. The van der Waals surface area contributed by atoms with E-state index in [2.05, 4.69) is 20.8 Å². The van der Waals surface area contributed by atoms with Gasteiger partial charge in [-0.3, -0.25) is 0 Å². The third kappa shape index (κ3) is 1.69. The van der Waals surface area contributed by atoms with Crippen LogP contribution in [-0.2, 0) is 0 Å². The summed E-state index contributed by atoms with van der Waals surface area (Å²) in [6.45, 7) is 11.9. The summed E-state index contributed by atoms with van der Waals surface area (Å²) >= 11 is 0. The second-order valence-electron chi connectivity index (χ2n) is 2.53. The van der Waals surface area contributed by atoms with Gasteiger partial charge in [0.2, 0.25) is 0 Å². The molecule has 0 rings (SSSR count). The molecule has 0 spiro atoms. The van der Waals surface area contributed by atoms with Gasteiger partial charge in [-0.25, -0.2) is 0 Å². The molecule has 0 aromatic carbocycles. The van der Waals surface area contributed by atoms with Gasteiger partial charge in [-0.05, 0) is 18.3 Å². The Balaban J connectivity index is 3.76. The van der Waals surface area contributed by atoms with Gasteiger partial charge in [0, 0.05) is 0 Å². The molecule has 0 heteroatoms. The molecule has 0 aliphatic carbocycles. The molecule has 0 aliphatic rings. The van der Waals surface area contributed by atoms with Crippen molar-refractivity contribution in [1.29, 1.82) is 0 Å². The molecule has 0 heterocycles. The van der Waals surface area contributed by atoms with Crippen molar-refractivity contribution in [1.82, 2.24) is 0 Å². The first-order valence-corrected chi connectivity index (χ1v) is 3.24. The van der Waals surface area contributed by atoms with Crippen molar-refractivity contribution in [2.75, 3.05) is 0 Å². The highest BCUT2D eigenvalue weighted by atomic mass is 14.2. The van der Waals surface area contributed by atoms with E-state index in [0.717, 1.165) is 12.8 Å². The van der Waals surface area contributed by atoms with Crippen molar-refractivity contribution in [3.05, 3.63) is 12.7 Å². The molecule has 0 N–H and O–H groups in total. The van der Waals surface area contributed by atoms with E-state index >= 15 is 0 Å². The lowest BCUT2D eigenvalue weighted by Crippen LogP contribution is -2.08. The summed E-state index contributed by atoms with van der Waals surface area (Å²) in [5, 5.41) is 0. The van der Waals surface area contributed by atoms with Crippen LogP contribution in [0.15, 0.2) is 6.08 Å². The standard InChI is InChI=1S/C8H15/c1-5-8(4,6-2)7-3/h1,5H,6-7H2,2-4H3. The molecule has 1 radical (unpaired) electrons. The molecule has 0 aromatic rings. The van der Waals surface area contributed by atoms with E-state index in [1.807, 2.05) is 0 Å². The van der Waals surface area contributed by atoms with Gasteiger partial charge in [-0.1, -0.05) is 33.4 Å². The van der Waals surface area contributed by atoms with Gasteiger partial charge >= 0.3 is 0 Å². The summed E-state index contributed by atoms with van der Waals surface area (Å²) in [5.41, 5.74) is 0.278. The Kier molecular flexibility index (Phi) is 2.81. The van der Waals surface area contributed by atoms with Gasteiger partial charge in [0.15, 0.2) is 0 Å².